The van der Waals surface area contributed by atoms with Crippen LogP contribution in [0.3, 0.4) is 0 Å². The lowest BCUT2D eigenvalue weighted by atomic mass is 10.2. The maximum Gasteiger partial charge on any atom is 0.417 e. The number of nitrogens with one attached hydrogen (secondary N) is 2. The van der Waals surface area contributed by atoms with Crippen LogP contribution in [0.5, 0.6) is 0 Å². The average Bonchev–Trinajstić information content (AvgIpc) is 2.80. The van der Waals surface area contributed by atoms with Gasteiger partial charge in [0, 0.05) is 15.8 Å². The number of aromatic nitrogens is 1. The summed E-state index contributed by atoms with van der Waals surface area (Å²) in [6, 6.07) is 9.87. The third-order valence-electron chi connectivity index (χ3n) is 2.91. The van der Waals surface area contributed by atoms with Crippen LogP contribution in [-0.4, -0.2) is 10.9 Å². The molecule has 21 heavy (non-hydrogen) atoms. The highest BCUT2D eigenvalue weighted by Crippen LogP contribution is 2.22. The summed E-state index contributed by atoms with van der Waals surface area (Å²) < 4.78 is 5.54. The second-order valence-electron chi connectivity index (χ2n) is 4.42. The first-order valence-electron chi connectivity index (χ1n) is 6.02. The summed E-state index contributed by atoms with van der Waals surface area (Å²) in [6.45, 7) is 0. The van der Waals surface area contributed by atoms with E-state index < -0.39 is 5.76 Å². The van der Waals surface area contributed by atoms with E-state index in [0.29, 0.717) is 32.5 Å². The highest BCUT2D eigenvalue weighted by Gasteiger charge is 2.11. The highest BCUT2D eigenvalue weighted by atomic mass is 79.9. The fourth-order valence-electron chi connectivity index (χ4n) is 1.95. The molecule has 106 valence electrons. The predicted molar refractivity (Wildman–Crippen MR) is 83.3 cm³/mol. The van der Waals surface area contributed by atoms with E-state index >= 15 is 0 Å². The monoisotopic (exact) mass is 347 g/mol. The first-order valence-corrected chi connectivity index (χ1v) is 6.81. The number of nitrogens with two attached hydrogens (primary N) is 1. The van der Waals surface area contributed by atoms with Crippen LogP contribution in [0.2, 0.25) is 0 Å². The van der Waals surface area contributed by atoms with Crippen LogP contribution < -0.4 is 16.8 Å². The number of amides is 1. The Morgan fingerprint density at radius 1 is 1.24 bits per heavy atom. The molecule has 6 nitrogen and oxygen atoms in total. The lowest BCUT2D eigenvalue weighted by Crippen LogP contribution is -2.12. The number of fused-ring (bicyclic) bond motifs is 1. The summed E-state index contributed by atoms with van der Waals surface area (Å²) in [7, 11) is 0. The van der Waals surface area contributed by atoms with Crippen LogP contribution in [0, 0.1) is 0 Å². The normalized spacial score (nSPS) is 10.7. The summed E-state index contributed by atoms with van der Waals surface area (Å²) in [5.74, 6) is -0.841. The second kappa shape index (κ2) is 5.10. The van der Waals surface area contributed by atoms with E-state index in [1.807, 2.05) is 0 Å². The molecule has 0 unspecified atom stereocenters. The Hall–Kier alpha value is -2.54. The van der Waals surface area contributed by atoms with E-state index in [4.69, 9.17) is 10.2 Å². The van der Waals surface area contributed by atoms with Crippen LogP contribution in [0.15, 0.2) is 50.1 Å². The Morgan fingerprint density at radius 3 is 2.86 bits per heavy atom. The fraction of sp³-hybridized carbons (Fsp3) is 0. The molecule has 2 aromatic carbocycles. The Bertz CT molecular complexity index is 898. The van der Waals surface area contributed by atoms with Crippen molar-refractivity contribution in [1.82, 2.24) is 4.98 Å². The van der Waals surface area contributed by atoms with E-state index in [0.717, 1.165) is 0 Å². The summed E-state index contributed by atoms with van der Waals surface area (Å²) in [4.78, 5) is 25.9. The molecule has 7 heteroatoms. The van der Waals surface area contributed by atoms with Crippen LogP contribution >= 0.6 is 15.9 Å². The molecule has 0 spiro atoms. The number of oxazole rings is 1. The van der Waals surface area contributed by atoms with E-state index in [1.165, 1.54) is 0 Å². The number of halogens is 1. The van der Waals surface area contributed by atoms with Crippen molar-refractivity contribution in [3.63, 3.8) is 0 Å². The van der Waals surface area contributed by atoms with E-state index in [9.17, 15) is 9.59 Å². The molecule has 0 fully saturated rings. The van der Waals surface area contributed by atoms with Crippen molar-refractivity contribution in [1.29, 1.82) is 0 Å². The van der Waals surface area contributed by atoms with Gasteiger partial charge in [-0.2, -0.15) is 0 Å². The largest absolute Gasteiger partial charge is 0.417 e. The SMILES string of the molecule is Nc1ccc(Br)c(C(=O)Nc2ccc3oc(=O)[nH]c3c2)c1. The van der Waals surface area contributed by atoms with Gasteiger partial charge in [0.15, 0.2) is 5.58 Å². The third kappa shape index (κ3) is 2.68. The molecular weight excluding hydrogens is 338 g/mol. The van der Waals surface area contributed by atoms with E-state index in [2.05, 4.69) is 26.2 Å². The average molecular weight is 348 g/mol. The number of carbonyl (C=O) groups excluding carboxylic acids is 1. The molecule has 4 N–H and O–H groups in total. The molecule has 0 aliphatic carbocycles. The minimum Gasteiger partial charge on any atom is -0.408 e. The van der Waals surface area contributed by atoms with Gasteiger partial charge < -0.3 is 15.5 Å². The molecule has 0 aliphatic rings. The summed E-state index contributed by atoms with van der Waals surface area (Å²) >= 11 is 3.31. The van der Waals surface area contributed by atoms with Gasteiger partial charge in [0.05, 0.1) is 11.1 Å². The topological polar surface area (TPSA) is 101 Å². The van der Waals surface area contributed by atoms with Gasteiger partial charge in [-0.05, 0) is 52.3 Å². The molecule has 1 heterocycles. The molecule has 3 rings (SSSR count). The summed E-state index contributed by atoms with van der Waals surface area (Å²) in [5, 5.41) is 2.74. The van der Waals surface area contributed by atoms with Crippen molar-refractivity contribution in [3.05, 3.63) is 57.0 Å². The van der Waals surface area contributed by atoms with Gasteiger partial charge in [-0.3, -0.25) is 9.78 Å². The number of hydrogen-bond acceptors (Lipinski definition) is 4. The fourth-order valence-corrected chi connectivity index (χ4v) is 2.37. The lowest BCUT2D eigenvalue weighted by molar-refractivity contribution is 0.102. The second-order valence-corrected chi connectivity index (χ2v) is 5.27. The Balaban J connectivity index is 1.92. The summed E-state index contributed by atoms with van der Waals surface area (Å²) in [5.41, 5.74) is 8.10. The zero-order chi connectivity index (χ0) is 15.0. The molecule has 3 aromatic rings. The van der Waals surface area contributed by atoms with Crippen molar-refractivity contribution in [2.75, 3.05) is 11.1 Å². The maximum atomic E-state index is 12.2. The number of aromatic amines is 1. The van der Waals surface area contributed by atoms with Crippen LogP contribution in [0.4, 0.5) is 11.4 Å². The van der Waals surface area contributed by atoms with Gasteiger partial charge in [-0.15, -0.1) is 0 Å². The molecule has 1 amide bonds. The maximum absolute atomic E-state index is 12.2. The lowest BCUT2D eigenvalue weighted by Gasteiger charge is -2.07. The predicted octanol–water partition coefficient (Wildman–Crippen LogP) is 2.72. The number of hydrogen-bond donors (Lipinski definition) is 3. The number of rotatable bonds is 2. The van der Waals surface area contributed by atoms with Gasteiger partial charge in [-0.25, -0.2) is 4.79 Å². The van der Waals surface area contributed by atoms with Gasteiger partial charge in [0.1, 0.15) is 0 Å². The van der Waals surface area contributed by atoms with Crippen LogP contribution in [0.25, 0.3) is 11.1 Å². The molecule has 0 bridgehead atoms. The molecule has 0 saturated heterocycles. The minimum absolute atomic E-state index is 0.306. The molecule has 1 aromatic heterocycles. The molecular formula is C14H10BrN3O3. The van der Waals surface area contributed by atoms with Crippen LogP contribution in [-0.2, 0) is 0 Å². The van der Waals surface area contributed by atoms with E-state index in [-0.39, 0.29) is 5.91 Å². The first-order chi connectivity index (χ1) is 10.0. The van der Waals surface area contributed by atoms with Crippen molar-refractivity contribution in [2.45, 2.75) is 0 Å². The van der Waals surface area contributed by atoms with Gasteiger partial charge >= 0.3 is 5.76 Å². The van der Waals surface area contributed by atoms with Crippen molar-refractivity contribution < 1.29 is 9.21 Å². The number of carbonyl (C=O) groups is 1. The quantitative estimate of drug-likeness (QED) is 0.620. The molecule has 0 saturated carbocycles. The summed E-state index contributed by atoms with van der Waals surface area (Å²) in [6.07, 6.45) is 0. The van der Waals surface area contributed by atoms with Gasteiger partial charge in [-0.1, -0.05) is 0 Å². The van der Waals surface area contributed by atoms with Crippen molar-refractivity contribution >= 4 is 44.3 Å². The smallest absolute Gasteiger partial charge is 0.408 e. The number of benzene rings is 2. The zero-order valence-corrected chi connectivity index (χ0v) is 12.2. The molecule has 0 aliphatic heterocycles. The van der Waals surface area contributed by atoms with Gasteiger partial charge in [0.2, 0.25) is 0 Å². The first kappa shape index (κ1) is 13.4. The zero-order valence-electron chi connectivity index (χ0n) is 10.6. The number of anilines is 2. The Morgan fingerprint density at radius 2 is 2.05 bits per heavy atom. The van der Waals surface area contributed by atoms with Gasteiger partial charge in [0.25, 0.3) is 5.91 Å². The molecule has 0 atom stereocenters. The van der Waals surface area contributed by atoms with E-state index in [1.54, 1.807) is 36.4 Å². The minimum atomic E-state index is -0.535. The standard InChI is InChI=1S/C14H10BrN3O3/c15-10-3-1-7(16)5-9(10)13(19)17-8-2-4-12-11(6-8)18-14(20)21-12/h1-6H,16H2,(H,17,19)(H,18,20). The number of H-pyrrole nitrogens is 1. The Kier molecular flexibility index (Phi) is 3.26. The third-order valence-corrected chi connectivity index (χ3v) is 3.60. The van der Waals surface area contributed by atoms with Crippen molar-refractivity contribution in [3.8, 4) is 0 Å². The Labute approximate surface area is 127 Å². The van der Waals surface area contributed by atoms with Crippen LogP contribution in [0.1, 0.15) is 10.4 Å². The van der Waals surface area contributed by atoms with Crippen molar-refractivity contribution in [2.24, 2.45) is 0 Å². The number of nitrogen functional groups attached to an aromatic ring is 1. The molecule has 0 radical (unpaired) electrons. The highest BCUT2D eigenvalue weighted by molar-refractivity contribution is 9.10.